The van der Waals surface area contributed by atoms with E-state index in [1.165, 1.54) is 4.90 Å². The number of hydrogen-bond acceptors (Lipinski definition) is 1. The molecule has 1 aromatic rings. The molecule has 0 fully saturated rings. The Kier molecular flexibility index (Phi) is 3.93. The predicted octanol–water partition coefficient (Wildman–Crippen LogP) is 3.91. The Bertz CT molecular complexity index is 524. The van der Waals surface area contributed by atoms with Crippen LogP contribution in [-0.2, 0) is 0 Å². The Hall–Kier alpha value is -1.66. The van der Waals surface area contributed by atoms with E-state index in [4.69, 9.17) is 18.0 Å². The molecule has 1 aromatic carbocycles. The summed E-state index contributed by atoms with van der Waals surface area (Å²) < 4.78 is 0. The molecule has 0 radical (unpaired) electrons. The molecule has 0 aliphatic rings. The summed E-state index contributed by atoms with van der Waals surface area (Å²) >= 11 is 5.98. The molecule has 18 heavy (non-hydrogen) atoms. The van der Waals surface area contributed by atoms with E-state index < -0.39 is 11.6 Å². The van der Waals surface area contributed by atoms with Gasteiger partial charge in [0.2, 0.25) is 0 Å². The van der Waals surface area contributed by atoms with Crippen molar-refractivity contribution in [1.29, 1.82) is 0 Å². The molecule has 4 heteroatoms. The van der Waals surface area contributed by atoms with Crippen LogP contribution in [-0.4, -0.2) is 16.7 Å². The molecule has 3 nitrogen and oxygen atoms in total. The average molecular weight is 266 g/mol. The third-order valence-electron chi connectivity index (χ3n) is 2.60. The molecule has 0 atom stereocenters. The van der Waals surface area contributed by atoms with E-state index in [0.29, 0.717) is 16.3 Å². The van der Waals surface area contributed by atoms with Crippen molar-refractivity contribution in [3.05, 3.63) is 28.3 Å². The number of hydrogen-bond donors (Lipinski definition) is 1. The summed E-state index contributed by atoms with van der Waals surface area (Å²) in [5, 5.41) is 9.80. The third-order valence-corrected chi connectivity index (χ3v) is 2.82. The van der Waals surface area contributed by atoms with Crippen molar-refractivity contribution in [3.63, 3.8) is 0 Å². The summed E-state index contributed by atoms with van der Waals surface area (Å²) in [6, 6.07) is 3.28. The summed E-state index contributed by atoms with van der Waals surface area (Å²) in [7, 11) is 0. The van der Waals surface area contributed by atoms with E-state index >= 15 is 0 Å². The van der Waals surface area contributed by atoms with Gasteiger partial charge in [-0.1, -0.05) is 17.5 Å². The predicted molar refractivity (Wildman–Crippen MR) is 74.4 cm³/mol. The van der Waals surface area contributed by atoms with Crippen molar-refractivity contribution >= 4 is 23.4 Å². The van der Waals surface area contributed by atoms with Crippen LogP contribution in [0.4, 0.5) is 10.5 Å². The van der Waals surface area contributed by atoms with Gasteiger partial charge in [-0.05, 0) is 45.4 Å². The van der Waals surface area contributed by atoms with Crippen LogP contribution in [0.25, 0.3) is 0 Å². The third kappa shape index (κ3) is 2.77. The van der Waals surface area contributed by atoms with Gasteiger partial charge in [-0.2, -0.15) is 0 Å². The quantitative estimate of drug-likeness (QED) is 0.782. The fourth-order valence-corrected chi connectivity index (χ4v) is 2.01. The van der Waals surface area contributed by atoms with Gasteiger partial charge in [0.25, 0.3) is 0 Å². The largest absolute Gasteiger partial charge is 0.465 e. The average Bonchev–Trinajstić information content (AvgIpc) is 2.20. The molecular formula is C14H16ClNO2. The van der Waals surface area contributed by atoms with Gasteiger partial charge in [-0.3, -0.25) is 4.90 Å². The Morgan fingerprint density at radius 3 is 2.39 bits per heavy atom. The van der Waals surface area contributed by atoms with Crippen molar-refractivity contribution in [2.45, 2.75) is 33.2 Å². The van der Waals surface area contributed by atoms with Crippen molar-refractivity contribution in [2.24, 2.45) is 0 Å². The fourth-order valence-electron chi connectivity index (χ4n) is 1.80. The minimum atomic E-state index is -1.03. The smallest absolute Gasteiger partial charge is 0.412 e. The lowest BCUT2D eigenvalue weighted by Gasteiger charge is -2.34. The molecule has 0 saturated heterocycles. The van der Waals surface area contributed by atoms with E-state index in [0.717, 1.165) is 5.56 Å². The highest BCUT2D eigenvalue weighted by Gasteiger charge is 2.29. The molecule has 1 amide bonds. The molecule has 0 bridgehead atoms. The molecule has 1 N–H and O–H groups in total. The first-order chi connectivity index (χ1) is 8.18. The van der Waals surface area contributed by atoms with Crippen molar-refractivity contribution in [2.75, 3.05) is 4.90 Å². The second kappa shape index (κ2) is 4.91. The fraction of sp³-hybridized carbons (Fsp3) is 0.357. The van der Waals surface area contributed by atoms with E-state index in [1.54, 1.807) is 19.1 Å². The Morgan fingerprint density at radius 2 is 2.00 bits per heavy atom. The maximum atomic E-state index is 11.4. The van der Waals surface area contributed by atoms with Gasteiger partial charge in [-0.25, -0.2) is 4.79 Å². The molecule has 0 aliphatic carbocycles. The molecular weight excluding hydrogens is 250 g/mol. The van der Waals surface area contributed by atoms with Gasteiger partial charge in [0.15, 0.2) is 0 Å². The zero-order valence-corrected chi connectivity index (χ0v) is 11.7. The van der Waals surface area contributed by atoms with Crippen molar-refractivity contribution in [3.8, 4) is 12.3 Å². The minimum Gasteiger partial charge on any atom is -0.465 e. The number of carboxylic acid groups (broad SMARTS) is 1. The zero-order chi connectivity index (χ0) is 14.1. The first-order valence-corrected chi connectivity index (χ1v) is 5.86. The van der Waals surface area contributed by atoms with Crippen LogP contribution in [0.1, 0.15) is 31.9 Å². The Balaban J connectivity index is 3.53. The number of nitrogens with zero attached hydrogens (tertiary/aromatic N) is 1. The highest BCUT2D eigenvalue weighted by atomic mass is 35.5. The molecule has 0 unspecified atom stereocenters. The number of anilines is 1. The number of benzene rings is 1. The monoisotopic (exact) mass is 265 g/mol. The lowest BCUT2D eigenvalue weighted by Crippen LogP contribution is -2.45. The molecule has 0 aromatic heterocycles. The van der Waals surface area contributed by atoms with Gasteiger partial charge in [0.05, 0.1) is 5.69 Å². The lowest BCUT2D eigenvalue weighted by molar-refractivity contribution is 0.195. The molecule has 0 aliphatic heterocycles. The summed E-state index contributed by atoms with van der Waals surface area (Å²) in [6.45, 7) is 7.24. The van der Waals surface area contributed by atoms with E-state index in [9.17, 15) is 9.90 Å². The van der Waals surface area contributed by atoms with Crippen LogP contribution in [0.5, 0.6) is 0 Å². The molecule has 0 saturated carbocycles. The number of halogens is 1. The second-order valence-corrected chi connectivity index (χ2v) is 5.47. The molecule has 96 valence electrons. The zero-order valence-electron chi connectivity index (χ0n) is 10.9. The van der Waals surface area contributed by atoms with Crippen LogP contribution in [0.2, 0.25) is 5.02 Å². The van der Waals surface area contributed by atoms with Crippen LogP contribution in [0.15, 0.2) is 12.1 Å². The standard InChI is InChI=1S/C14H16ClNO2/c1-6-10-7-11(15)8-12(9(10)2)16(13(17)18)14(3,4)5/h1,7-8H,2-5H3,(H,17,18). The maximum Gasteiger partial charge on any atom is 0.412 e. The summed E-state index contributed by atoms with van der Waals surface area (Å²) in [5.41, 5.74) is 1.29. The topological polar surface area (TPSA) is 40.5 Å². The number of carbonyl (C=O) groups is 1. The first-order valence-electron chi connectivity index (χ1n) is 5.48. The molecule has 0 heterocycles. The van der Waals surface area contributed by atoms with Crippen LogP contribution >= 0.6 is 11.6 Å². The molecule has 1 rings (SSSR count). The van der Waals surface area contributed by atoms with Crippen LogP contribution < -0.4 is 4.90 Å². The van der Waals surface area contributed by atoms with Gasteiger partial charge in [0.1, 0.15) is 0 Å². The van der Waals surface area contributed by atoms with Crippen molar-refractivity contribution < 1.29 is 9.90 Å². The summed E-state index contributed by atoms with van der Waals surface area (Å²) in [5.74, 6) is 2.52. The van der Waals surface area contributed by atoms with Gasteiger partial charge >= 0.3 is 6.09 Å². The Morgan fingerprint density at radius 1 is 1.44 bits per heavy atom. The van der Waals surface area contributed by atoms with Gasteiger partial charge in [0, 0.05) is 16.1 Å². The van der Waals surface area contributed by atoms with E-state index in [-0.39, 0.29) is 0 Å². The number of terminal acetylenes is 1. The van der Waals surface area contributed by atoms with E-state index in [1.807, 2.05) is 20.8 Å². The first kappa shape index (κ1) is 14.4. The normalized spacial score (nSPS) is 10.9. The Labute approximate surface area is 112 Å². The summed E-state index contributed by atoms with van der Waals surface area (Å²) in [4.78, 5) is 12.7. The number of rotatable bonds is 1. The van der Waals surface area contributed by atoms with Crippen LogP contribution in [0.3, 0.4) is 0 Å². The second-order valence-electron chi connectivity index (χ2n) is 5.03. The van der Waals surface area contributed by atoms with E-state index in [2.05, 4.69) is 5.92 Å². The van der Waals surface area contributed by atoms with Gasteiger partial charge in [-0.15, -0.1) is 6.42 Å². The SMILES string of the molecule is C#Cc1cc(Cl)cc(N(C(=O)O)C(C)(C)C)c1C. The maximum absolute atomic E-state index is 11.4. The van der Waals surface area contributed by atoms with Crippen LogP contribution in [0, 0.1) is 19.3 Å². The lowest BCUT2D eigenvalue weighted by atomic mass is 10.0. The highest BCUT2D eigenvalue weighted by molar-refractivity contribution is 6.31. The highest BCUT2D eigenvalue weighted by Crippen LogP contribution is 2.32. The van der Waals surface area contributed by atoms with Crippen molar-refractivity contribution in [1.82, 2.24) is 0 Å². The summed E-state index contributed by atoms with van der Waals surface area (Å²) in [6.07, 6.45) is 4.37. The number of amides is 1. The minimum absolute atomic E-state index is 0.430. The van der Waals surface area contributed by atoms with Gasteiger partial charge < -0.3 is 5.11 Å². The molecule has 0 spiro atoms.